The average Bonchev–Trinajstić information content (AvgIpc) is 2.67. The summed E-state index contributed by atoms with van der Waals surface area (Å²) in [4.78, 5) is 0. The van der Waals surface area contributed by atoms with E-state index in [4.69, 9.17) is 0 Å². The molecule has 0 aromatic heterocycles. The molecule has 2 aliphatic rings. The first-order valence-electron chi connectivity index (χ1n) is 11.8. The van der Waals surface area contributed by atoms with Gasteiger partial charge in [-0.1, -0.05) is 71.9 Å². The maximum Gasteiger partial charge on any atom is 0.0213 e. The molecule has 2 N–H and O–H groups in total. The zero-order valence-corrected chi connectivity index (χ0v) is 20.1. The third-order valence-electron chi connectivity index (χ3n) is 7.33. The molecule has 162 valence electrons. The smallest absolute Gasteiger partial charge is 0.0213 e. The lowest BCUT2D eigenvalue weighted by Gasteiger charge is -2.36. The molecule has 2 heteroatoms. The Bertz CT molecular complexity index is 932. The summed E-state index contributed by atoms with van der Waals surface area (Å²) in [5, 5.41) is 7.35. The van der Waals surface area contributed by atoms with Crippen LogP contribution in [0.15, 0.2) is 30.3 Å². The first-order valence-corrected chi connectivity index (χ1v) is 11.8. The van der Waals surface area contributed by atoms with Crippen LogP contribution in [0.3, 0.4) is 0 Å². The fourth-order valence-corrected chi connectivity index (χ4v) is 5.71. The maximum atomic E-state index is 3.71. The molecule has 0 amide bonds. The minimum absolute atomic E-state index is 0.106. The van der Waals surface area contributed by atoms with E-state index in [1.54, 1.807) is 22.3 Å². The van der Waals surface area contributed by atoms with Crippen molar-refractivity contribution in [1.82, 2.24) is 10.6 Å². The second-order valence-electron chi connectivity index (χ2n) is 11.4. The number of fused-ring (bicyclic) bond motifs is 2. The van der Waals surface area contributed by atoms with Gasteiger partial charge in [0.1, 0.15) is 0 Å². The van der Waals surface area contributed by atoms with Crippen molar-refractivity contribution >= 4 is 0 Å². The van der Waals surface area contributed by atoms with Crippen LogP contribution in [0.5, 0.6) is 0 Å². The van der Waals surface area contributed by atoms with Gasteiger partial charge in [0, 0.05) is 25.7 Å². The average molecular weight is 405 g/mol. The highest BCUT2D eigenvalue weighted by molar-refractivity contribution is 5.48. The van der Waals surface area contributed by atoms with Gasteiger partial charge in [0.25, 0.3) is 0 Å². The van der Waals surface area contributed by atoms with Crippen molar-refractivity contribution < 1.29 is 0 Å². The molecule has 0 bridgehead atoms. The molecule has 0 saturated heterocycles. The van der Waals surface area contributed by atoms with Crippen molar-refractivity contribution in [2.45, 2.75) is 97.2 Å². The van der Waals surface area contributed by atoms with Gasteiger partial charge in [-0.3, -0.25) is 0 Å². The van der Waals surface area contributed by atoms with Crippen LogP contribution in [0.1, 0.15) is 93.3 Å². The lowest BCUT2D eigenvalue weighted by molar-refractivity contribution is 0.474. The summed E-state index contributed by atoms with van der Waals surface area (Å²) in [6.07, 6.45) is 2.23. The van der Waals surface area contributed by atoms with Crippen LogP contribution >= 0.6 is 0 Å². The minimum Gasteiger partial charge on any atom is -0.312 e. The van der Waals surface area contributed by atoms with Crippen LogP contribution in [-0.4, -0.2) is 12.6 Å². The number of hydrogen-bond donors (Lipinski definition) is 2. The van der Waals surface area contributed by atoms with E-state index in [-0.39, 0.29) is 10.8 Å². The van der Waals surface area contributed by atoms with Crippen molar-refractivity contribution in [1.29, 1.82) is 0 Å². The zero-order chi connectivity index (χ0) is 21.7. The first-order chi connectivity index (χ1) is 14.1. The van der Waals surface area contributed by atoms with Crippen molar-refractivity contribution in [3.05, 3.63) is 69.3 Å². The van der Waals surface area contributed by atoms with E-state index in [9.17, 15) is 0 Å². The summed E-state index contributed by atoms with van der Waals surface area (Å²) in [6, 6.07) is 12.4. The molecule has 0 fully saturated rings. The highest BCUT2D eigenvalue weighted by Gasteiger charge is 2.31. The number of rotatable bonds is 3. The predicted molar refractivity (Wildman–Crippen MR) is 128 cm³/mol. The quantitative estimate of drug-likeness (QED) is 0.681. The summed E-state index contributed by atoms with van der Waals surface area (Å²) >= 11 is 0. The Morgan fingerprint density at radius 2 is 1.63 bits per heavy atom. The topological polar surface area (TPSA) is 24.1 Å². The second-order valence-corrected chi connectivity index (χ2v) is 11.4. The van der Waals surface area contributed by atoms with Gasteiger partial charge in [0.15, 0.2) is 0 Å². The fourth-order valence-electron chi connectivity index (χ4n) is 5.71. The molecular formula is C28H40N2. The summed E-state index contributed by atoms with van der Waals surface area (Å²) in [5.74, 6) is 0.593. The van der Waals surface area contributed by atoms with Gasteiger partial charge in [0.2, 0.25) is 0 Å². The van der Waals surface area contributed by atoms with Crippen LogP contribution in [-0.2, 0) is 36.8 Å². The Balaban J connectivity index is 1.75. The molecule has 0 unspecified atom stereocenters. The second kappa shape index (κ2) is 7.80. The fraction of sp³-hybridized carbons (Fsp3) is 0.571. The van der Waals surface area contributed by atoms with Gasteiger partial charge < -0.3 is 10.6 Å². The molecule has 0 aliphatic carbocycles. The summed E-state index contributed by atoms with van der Waals surface area (Å²) in [6.45, 7) is 19.7. The normalized spacial score (nSPS) is 21.8. The van der Waals surface area contributed by atoms with Gasteiger partial charge >= 0.3 is 0 Å². The Labute approximate surface area is 183 Å². The van der Waals surface area contributed by atoms with Crippen LogP contribution in [0.2, 0.25) is 0 Å². The van der Waals surface area contributed by atoms with Gasteiger partial charge in [-0.25, -0.2) is 0 Å². The molecular weight excluding hydrogens is 364 g/mol. The van der Waals surface area contributed by atoms with E-state index in [1.807, 2.05) is 0 Å². The Morgan fingerprint density at radius 1 is 0.867 bits per heavy atom. The predicted octanol–water partition coefficient (Wildman–Crippen LogP) is 5.75. The maximum absolute atomic E-state index is 3.71. The molecule has 0 saturated carbocycles. The molecule has 0 radical (unpaired) electrons. The number of nitrogens with one attached hydrogen (secondary N) is 2. The molecule has 2 nitrogen and oxygen atoms in total. The van der Waals surface area contributed by atoms with Crippen LogP contribution in [0.4, 0.5) is 0 Å². The van der Waals surface area contributed by atoms with E-state index in [1.165, 1.54) is 16.7 Å². The molecule has 2 aromatic carbocycles. The lowest BCUT2D eigenvalue weighted by atomic mass is 9.71. The largest absolute Gasteiger partial charge is 0.312 e. The highest BCUT2D eigenvalue weighted by atomic mass is 14.9. The number of hydrogen-bond acceptors (Lipinski definition) is 2. The van der Waals surface area contributed by atoms with Crippen molar-refractivity contribution in [3.8, 4) is 0 Å². The molecule has 4 rings (SSSR count). The Kier molecular flexibility index (Phi) is 5.61. The molecule has 2 heterocycles. The third kappa shape index (κ3) is 3.97. The van der Waals surface area contributed by atoms with Crippen molar-refractivity contribution in [2.24, 2.45) is 0 Å². The molecule has 2 atom stereocenters. The van der Waals surface area contributed by atoms with E-state index in [0.29, 0.717) is 12.0 Å². The molecule has 30 heavy (non-hydrogen) atoms. The summed E-state index contributed by atoms with van der Waals surface area (Å²) in [7, 11) is 0. The first kappa shape index (κ1) is 21.6. The summed E-state index contributed by atoms with van der Waals surface area (Å²) < 4.78 is 0. The van der Waals surface area contributed by atoms with E-state index >= 15 is 0 Å². The van der Waals surface area contributed by atoms with E-state index in [2.05, 4.69) is 89.4 Å². The molecule has 2 aliphatic heterocycles. The summed E-state index contributed by atoms with van der Waals surface area (Å²) in [5.41, 5.74) is 11.1. The Morgan fingerprint density at radius 3 is 2.37 bits per heavy atom. The van der Waals surface area contributed by atoms with Crippen molar-refractivity contribution in [3.63, 3.8) is 0 Å². The van der Waals surface area contributed by atoms with Crippen molar-refractivity contribution in [2.75, 3.05) is 6.54 Å². The van der Waals surface area contributed by atoms with Gasteiger partial charge in [-0.05, 0) is 75.5 Å². The van der Waals surface area contributed by atoms with E-state index in [0.717, 1.165) is 32.5 Å². The van der Waals surface area contributed by atoms with Gasteiger partial charge in [-0.2, -0.15) is 0 Å². The van der Waals surface area contributed by atoms with E-state index < -0.39 is 0 Å². The van der Waals surface area contributed by atoms with Gasteiger partial charge in [0.05, 0.1) is 0 Å². The van der Waals surface area contributed by atoms with Gasteiger partial charge in [-0.15, -0.1) is 0 Å². The SMILES string of the molecule is C[C@@H]1Cc2c(CC(C)(C)c3cccc4c3CNC[C@@H]4C)ccc(C(C)(C)C)c2CN1. The van der Waals surface area contributed by atoms with Crippen LogP contribution < -0.4 is 10.6 Å². The Hall–Kier alpha value is -1.64. The lowest BCUT2D eigenvalue weighted by Crippen LogP contribution is -2.36. The molecule has 2 aromatic rings. The molecule has 0 spiro atoms. The third-order valence-corrected chi connectivity index (χ3v) is 7.33. The zero-order valence-electron chi connectivity index (χ0n) is 20.1. The highest BCUT2D eigenvalue weighted by Crippen LogP contribution is 2.39. The number of benzene rings is 2. The van der Waals surface area contributed by atoms with Crippen LogP contribution in [0, 0.1) is 0 Å². The minimum atomic E-state index is 0.106. The monoisotopic (exact) mass is 404 g/mol. The standard InChI is InChI=1S/C28H40N2/c1-18-15-29-16-23-21(18)9-8-10-26(23)28(6,7)14-20-11-12-25(27(3,4)5)24-17-30-19(2)13-22(20)24/h8-12,18-19,29-30H,13-17H2,1-7H3/t18-,19+/m0/s1. The van der Waals surface area contributed by atoms with Crippen LogP contribution in [0.25, 0.3) is 0 Å².